The minimum absolute atomic E-state index is 0.176. The summed E-state index contributed by atoms with van der Waals surface area (Å²) in [6, 6.07) is 5.21. The van der Waals surface area contributed by atoms with Crippen LogP contribution in [-0.2, 0) is 6.42 Å². The van der Waals surface area contributed by atoms with Gasteiger partial charge in [-0.3, -0.25) is 0 Å². The number of aromatic hydroxyl groups is 1. The van der Waals surface area contributed by atoms with Gasteiger partial charge in [-0.05, 0) is 44.0 Å². The number of benzene rings is 1. The second kappa shape index (κ2) is 4.17. The lowest BCUT2D eigenvalue weighted by molar-refractivity contribution is 0.240. The molecule has 0 spiro atoms. The number of phenolic OH excluding ortho intramolecular Hbond substituents is 1. The third-order valence-corrected chi connectivity index (χ3v) is 1.79. The molecule has 1 rings (SSSR count). The smallest absolute Gasteiger partial charge is 0.123 e. The summed E-state index contributed by atoms with van der Waals surface area (Å²) >= 11 is 0. The molecule has 2 nitrogen and oxygen atoms in total. The molecule has 2 heteroatoms. The molecule has 0 heterocycles. The number of rotatable bonds is 3. The first kappa shape index (κ1) is 9.90. The van der Waals surface area contributed by atoms with Crippen LogP contribution in [0.3, 0.4) is 0 Å². The highest BCUT2D eigenvalue weighted by Crippen LogP contribution is 2.24. The Morgan fingerprint density at radius 3 is 2.62 bits per heavy atom. The summed E-state index contributed by atoms with van der Waals surface area (Å²) in [6.07, 6.45) is 1.05. The van der Waals surface area contributed by atoms with Gasteiger partial charge in [-0.25, -0.2) is 0 Å². The van der Waals surface area contributed by atoms with Gasteiger partial charge in [0.2, 0.25) is 0 Å². The Bertz CT molecular complexity index is 279. The quantitative estimate of drug-likeness (QED) is 0.775. The normalized spacial score (nSPS) is 10.5. The van der Waals surface area contributed by atoms with Crippen LogP contribution in [0.25, 0.3) is 0 Å². The lowest BCUT2D eigenvalue weighted by Crippen LogP contribution is -2.07. The topological polar surface area (TPSA) is 29.5 Å². The standard InChI is InChI=1S/C11H16O2/c1-4-9-7-10(12)5-6-11(9)13-8(2)3/h5-8,12H,4H2,1-3H3. The first-order valence-electron chi connectivity index (χ1n) is 4.62. The van der Waals surface area contributed by atoms with E-state index < -0.39 is 0 Å². The Balaban J connectivity index is 2.92. The van der Waals surface area contributed by atoms with Crippen molar-refractivity contribution in [2.75, 3.05) is 0 Å². The zero-order chi connectivity index (χ0) is 9.84. The average Bonchev–Trinajstić information content (AvgIpc) is 2.07. The molecular formula is C11H16O2. The van der Waals surface area contributed by atoms with Crippen molar-refractivity contribution < 1.29 is 9.84 Å². The number of ether oxygens (including phenoxy) is 1. The molecule has 0 aliphatic carbocycles. The molecule has 0 saturated heterocycles. The number of hydrogen-bond acceptors (Lipinski definition) is 2. The Morgan fingerprint density at radius 2 is 2.08 bits per heavy atom. The van der Waals surface area contributed by atoms with Gasteiger partial charge in [0, 0.05) is 0 Å². The first-order valence-corrected chi connectivity index (χ1v) is 4.62. The molecule has 0 aliphatic rings. The van der Waals surface area contributed by atoms with Crippen LogP contribution in [0.5, 0.6) is 11.5 Å². The summed E-state index contributed by atoms with van der Waals surface area (Å²) in [4.78, 5) is 0. The van der Waals surface area contributed by atoms with Crippen LogP contribution in [0, 0.1) is 0 Å². The minimum atomic E-state index is 0.176. The van der Waals surface area contributed by atoms with Crippen LogP contribution in [0.1, 0.15) is 26.3 Å². The van der Waals surface area contributed by atoms with Gasteiger partial charge in [0.25, 0.3) is 0 Å². The molecule has 0 amide bonds. The van der Waals surface area contributed by atoms with Gasteiger partial charge in [0.05, 0.1) is 6.10 Å². The van der Waals surface area contributed by atoms with Crippen molar-refractivity contribution in [1.82, 2.24) is 0 Å². The highest BCUT2D eigenvalue weighted by atomic mass is 16.5. The van der Waals surface area contributed by atoms with Gasteiger partial charge in [0.15, 0.2) is 0 Å². The Labute approximate surface area is 79.2 Å². The van der Waals surface area contributed by atoms with Gasteiger partial charge in [-0.15, -0.1) is 0 Å². The van der Waals surface area contributed by atoms with Crippen LogP contribution < -0.4 is 4.74 Å². The summed E-state index contributed by atoms with van der Waals surface area (Å²) in [5.74, 6) is 1.17. The third-order valence-electron chi connectivity index (χ3n) is 1.79. The van der Waals surface area contributed by atoms with Gasteiger partial charge in [0.1, 0.15) is 11.5 Å². The Kier molecular flexibility index (Phi) is 3.18. The molecule has 13 heavy (non-hydrogen) atoms. The fraction of sp³-hybridized carbons (Fsp3) is 0.455. The Hall–Kier alpha value is -1.18. The van der Waals surface area contributed by atoms with Crippen molar-refractivity contribution in [1.29, 1.82) is 0 Å². The summed E-state index contributed by atoms with van der Waals surface area (Å²) in [5, 5.41) is 9.25. The third kappa shape index (κ3) is 2.65. The summed E-state index contributed by atoms with van der Waals surface area (Å²) in [5.41, 5.74) is 1.05. The van der Waals surface area contributed by atoms with Crippen molar-refractivity contribution in [3.05, 3.63) is 23.8 Å². The molecule has 0 unspecified atom stereocenters. The van der Waals surface area contributed by atoms with E-state index in [1.807, 2.05) is 26.8 Å². The monoisotopic (exact) mass is 180 g/mol. The molecule has 1 aromatic rings. The minimum Gasteiger partial charge on any atom is -0.508 e. The molecule has 1 N–H and O–H groups in total. The highest BCUT2D eigenvalue weighted by molar-refractivity contribution is 5.39. The maximum absolute atomic E-state index is 9.25. The van der Waals surface area contributed by atoms with E-state index in [1.54, 1.807) is 12.1 Å². The number of aryl methyl sites for hydroxylation is 1. The van der Waals surface area contributed by atoms with Crippen molar-refractivity contribution in [2.45, 2.75) is 33.3 Å². The molecule has 0 radical (unpaired) electrons. The largest absolute Gasteiger partial charge is 0.508 e. The molecule has 0 atom stereocenters. The molecular weight excluding hydrogens is 164 g/mol. The predicted octanol–water partition coefficient (Wildman–Crippen LogP) is 2.74. The lowest BCUT2D eigenvalue weighted by Gasteiger charge is -2.13. The summed E-state index contributed by atoms with van der Waals surface area (Å²) in [6.45, 7) is 6.03. The van der Waals surface area contributed by atoms with E-state index in [2.05, 4.69) is 0 Å². The van der Waals surface area contributed by atoms with E-state index in [9.17, 15) is 5.11 Å². The van der Waals surface area contributed by atoms with E-state index >= 15 is 0 Å². The van der Waals surface area contributed by atoms with Gasteiger partial charge >= 0.3 is 0 Å². The molecule has 0 bridgehead atoms. The van der Waals surface area contributed by atoms with Crippen LogP contribution in [0.15, 0.2) is 18.2 Å². The summed E-state index contributed by atoms with van der Waals surface area (Å²) in [7, 11) is 0. The van der Waals surface area contributed by atoms with E-state index in [4.69, 9.17) is 4.74 Å². The molecule has 72 valence electrons. The van der Waals surface area contributed by atoms with Crippen molar-refractivity contribution >= 4 is 0 Å². The van der Waals surface area contributed by atoms with Gasteiger partial charge in [-0.2, -0.15) is 0 Å². The first-order chi connectivity index (χ1) is 6.13. The molecule has 0 aromatic heterocycles. The molecule has 0 fully saturated rings. The zero-order valence-electron chi connectivity index (χ0n) is 8.37. The van der Waals surface area contributed by atoms with E-state index in [0.717, 1.165) is 17.7 Å². The van der Waals surface area contributed by atoms with Crippen molar-refractivity contribution in [2.24, 2.45) is 0 Å². The SMILES string of the molecule is CCc1cc(O)ccc1OC(C)C. The fourth-order valence-electron chi connectivity index (χ4n) is 1.21. The van der Waals surface area contributed by atoms with Crippen LogP contribution in [0.4, 0.5) is 0 Å². The van der Waals surface area contributed by atoms with Crippen LogP contribution >= 0.6 is 0 Å². The van der Waals surface area contributed by atoms with E-state index in [-0.39, 0.29) is 6.10 Å². The average molecular weight is 180 g/mol. The van der Waals surface area contributed by atoms with E-state index in [1.165, 1.54) is 0 Å². The van der Waals surface area contributed by atoms with Gasteiger partial charge in [-0.1, -0.05) is 6.92 Å². The molecule has 0 aliphatic heterocycles. The van der Waals surface area contributed by atoms with Crippen molar-refractivity contribution in [3.8, 4) is 11.5 Å². The maximum atomic E-state index is 9.25. The molecule has 1 aromatic carbocycles. The van der Waals surface area contributed by atoms with Gasteiger partial charge < -0.3 is 9.84 Å². The second-order valence-electron chi connectivity index (χ2n) is 3.31. The van der Waals surface area contributed by atoms with Crippen LogP contribution in [0.2, 0.25) is 0 Å². The van der Waals surface area contributed by atoms with Crippen LogP contribution in [-0.4, -0.2) is 11.2 Å². The second-order valence-corrected chi connectivity index (χ2v) is 3.31. The van der Waals surface area contributed by atoms with Crippen molar-refractivity contribution in [3.63, 3.8) is 0 Å². The molecule has 0 saturated carbocycles. The maximum Gasteiger partial charge on any atom is 0.123 e. The lowest BCUT2D eigenvalue weighted by atomic mass is 10.1. The summed E-state index contributed by atoms with van der Waals surface area (Å²) < 4.78 is 5.58. The predicted molar refractivity (Wildman–Crippen MR) is 53.2 cm³/mol. The highest BCUT2D eigenvalue weighted by Gasteiger charge is 2.04. The number of phenols is 1. The zero-order valence-corrected chi connectivity index (χ0v) is 8.37. The fourth-order valence-corrected chi connectivity index (χ4v) is 1.21. The van der Waals surface area contributed by atoms with E-state index in [0.29, 0.717) is 5.75 Å². The number of hydrogen-bond donors (Lipinski definition) is 1. The Morgan fingerprint density at radius 1 is 1.38 bits per heavy atom.